The Kier molecular flexibility index (Phi) is 10.8. The molecular weight excluding hydrogens is 338 g/mol. The van der Waals surface area contributed by atoms with Crippen LogP contribution >= 0.6 is 0 Å². The summed E-state index contributed by atoms with van der Waals surface area (Å²) in [7, 11) is 0. The molecule has 3 unspecified atom stereocenters. The average molecular weight is 372 g/mol. The maximum atomic E-state index is 11.6. The molecule has 150 valence electrons. The van der Waals surface area contributed by atoms with E-state index >= 15 is 0 Å². The second-order valence-electron chi connectivity index (χ2n) is 6.87. The predicted molar refractivity (Wildman–Crippen MR) is 98.9 cm³/mol. The average Bonchev–Trinajstić information content (AvgIpc) is 2.58. The number of unbranched alkanes of at least 4 members (excludes halogenated alkanes) is 4. The Bertz CT molecular complexity index is 452. The van der Waals surface area contributed by atoms with Crippen molar-refractivity contribution in [1.29, 1.82) is 0 Å². The van der Waals surface area contributed by atoms with Crippen LogP contribution in [-0.2, 0) is 14.4 Å². The molecular formula is C19H34NO6+. The Morgan fingerprint density at radius 3 is 1.50 bits per heavy atom. The van der Waals surface area contributed by atoms with Gasteiger partial charge in [0.15, 0.2) is 18.1 Å². The zero-order valence-electron chi connectivity index (χ0n) is 16.4. The number of allylic oxidation sites excluding steroid dienone is 2. The Morgan fingerprint density at radius 1 is 0.769 bits per heavy atom. The molecule has 0 saturated carbocycles. The molecule has 7 heteroatoms. The van der Waals surface area contributed by atoms with Crippen molar-refractivity contribution in [1.82, 2.24) is 0 Å². The predicted octanol–water partition coefficient (Wildman–Crippen LogP) is 3.14. The summed E-state index contributed by atoms with van der Waals surface area (Å²) in [5.74, 6) is -3.58. The molecule has 0 saturated heterocycles. The first kappa shape index (κ1) is 24.1. The van der Waals surface area contributed by atoms with Crippen LogP contribution in [0.25, 0.3) is 0 Å². The lowest BCUT2D eigenvalue weighted by Crippen LogP contribution is -2.70. The highest BCUT2D eigenvalue weighted by Gasteiger charge is 2.52. The summed E-state index contributed by atoms with van der Waals surface area (Å²) in [6.07, 6.45) is 9.70. The Labute approximate surface area is 155 Å². The summed E-state index contributed by atoms with van der Waals surface area (Å²) in [6.45, 7) is 6.48. The van der Waals surface area contributed by atoms with E-state index in [4.69, 9.17) is 0 Å². The van der Waals surface area contributed by atoms with E-state index in [0.29, 0.717) is 12.8 Å². The van der Waals surface area contributed by atoms with Crippen LogP contribution in [0.4, 0.5) is 0 Å². The van der Waals surface area contributed by atoms with Gasteiger partial charge in [-0.15, -0.1) is 0 Å². The Hall–Kier alpha value is -1.89. The maximum Gasteiger partial charge on any atom is 0.362 e. The molecule has 3 N–H and O–H groups in total. The first-order chi connectivity index (χ1) is 12.1. The molecule has 0 aromatic rings. The van der Waals surface area contributed by atoms with Gasteiger partial charge in [0, 0.05) is 6.42 Å². The molecule has 0 aliphatic rings. The second kappa shape index (κ2) is 11.7. The van der Waals surface area contributed by atoms with Gasteiger partial charge in [-0.2, -0.15) is 0 Å². The van der Waals surface area contributed by atoms with E-state index < -0.39 is 40.5 Å². The highest BCUT2D eigenvalue weighted by atomic mass is 16.4. The van der Waals surface area contributed by atoms with Gasteiger partial charge in [0.1, 0.15) is 0 Å². The van der Waals surface area contributed by atoms with Gasteiger partial charge in [0.25, 0.3) is 0 Å². The minimum Gasteiger partial charge on any atom is -0.477 e. The number of carboxylic acids is 3. The van der Waals surface area contributed by atoms with Crippen molar-refractivity contribution in [3.63, 3.8) is 0 Å². The number of carbonyl (C=O) groups is 3. The Morgan fingerprint density at radius 2 is 1.15 bits per heavy atom. The van der Waals surface area contributed by atoms with Gasteiger partial charge < -0.3 is 15.3 Å². The summed E-state index contributed by atoms with van der Waals surface area (Å²) in [5.41, 5.74) is 0. The van der Waals surface area contributed by atoms with E-state index in [1.807, 2.05) is 6.08 Å². The molecule has 0 rings (SSSR count). The fourth-order valence-electron chi connectivity index (χ4n) is 3.43. The number of aliphatic carboxylic acids is 3. The quantitative estimate of drug-likeness (QED) is 0.245. The minimum absolute atomic E-state index is 0.174. The molecule has 0 bridgehead atoms. The number of rotatable bonds is 14. The molecule has 0 aromatic carbocycles. The third-order valence-electron chi connectivity index (χ3n) is 5.29. The fourth-order valence-corrected chi connectivity index (χ4v) is 3.43. The molecule has 26 heavy (non-hydrogen) atoms. The number of hydrogen-bond donors (Lipinski definition) is 3. The van der Waals surface area contributed by atoms with Gasteiger partial charge in [0.2, 0.25) is 0 Å². The third kappa shape index (κ3) is 6.44. The van der Waals surface area contributed by atoms with Crippen LogP contribution in [0, 0.1) is 0 Å². The minimum atomic E-state index is -1.19. The summed E-state index contributed by atoms with van der Waals surface area (Å²) < 4.78 is -0.510. The fraction of sp³-hybridized carbons (Fsp3) is 0.737. The molecule has 0 amide bonds. The molecule has 0 radical (unpaired) electrons. The highest BCUT2D eigenvalue weighted by Crippen LogP contribution is 2.27. The number of nitrogens with zero attached hydrogens (tertiary/aromatic N) is 1. The molecule has 0 heterocycles. The lowest BCUT2D eigenvalue weighted by atomic mass is 10.0. The Balaban J connectivity index is 5.33. The van der Waals surface area contributed by atoms with E-state index in [1.165, 1.54) is 27.2 Å². The van der Waals surface area contributed by atoms with E-state index in [-0.39, 0.29) is 6.54 Å². The van der Waals surface area contributed by atoms with Gasteiger partial charge in [0.05, 0.1) is 6.54 Å². The van der Waals surface area contributed by atoms with Crippen LogP contribution in [0.5, 0.6) is 0 Å². The van der Waals surface area contributed by atoms with Crippen molar-refractivity contribution in [3.8, 4) is 0 Å². The summed E-state index contributed by atoms with van der Waals surface area (Å²) in [4.78, 5) is 34.9. The molecule has 3 atom stereocenters. The van der Waals surface area contributed by atoms with Gasteiger partial charge in [-0.05, 0) is 40.0 Å². The van der Waals surface area contributed by atoms with Crippen LogP contribution in [0.3, 0.4) is 0 Å². The van der Waals surface area contributed by atoms with E-state index in [9.17, 15) is 29.7 Å². The van der Waals surface area contributed by atoms with E-state index in [1.54, 1.807) is 0 Å². The second-order valence-corrected chi connectivity index (χ2v) is 6.87. The lowest BCUT2D eigenvalue weighted by Gasteiger charge is -2.47. The van der Waals surface area contributed by atoms with Gasteiger partial charge >= 0.3 is 17.9 Å². The zero-order valence-corrected chi connectivity index (χ0v) is 16.4. The normalized spacial score (nSPS) is 17.4. The van der Waals surface area contributed by atoms with Crippen molar-refractivity contribution >= 4 is 17.9 Å². The van der Waals surface area contributed by atoms with Gasteiger partial charge in [-0.3, -0.25) is 4.48 Å². The van der Waals surface area contributed by atoms with Crippen LogP contribution in [-0.4, -0.2) is 62.4 Å². The van der Waals surface area contributed by atoms with Crippen molar-refractivity contribution < 1.29 is 34.2 Å². The smallest absolute Gasteiger partial charge is 0.362 e. The third-order valence-corrected chi connectivity index (χ3v) is 5.29. The van der Waals surface area contributed by atoms with Crippen molar-refractivity contribution in [2.24, 2.45) is 0 Å². The summed E-state index contributed by atoms with van der Waals surface area (Å²) in [5, 5.41) is 28.5. The van der Waals surface area contributed by atoms with Crippen LogP contribution in [0.2, 0.25) is 0 Å². The molecule has 0 spiro atoms. The van der Waals surface area contributed by atoms with Crippen molar-refractivity contribution in [2.45, 2.75) is 84.3 Å². The molecule has 7 nitrogen and oxygen atoms in total. The number of hydrogen-bond acceptors (Lipinski definition) is 3. The SMILES string of the molecule is CCCCC/C=C/CCC[N+](C(C)C(=O)O)(C(C)C(=O)O)C(C)C(=O)O. The maximum absolute atomic E-state index is 11.6. The zero-order chi connectivity index (χ0) is 20.3. The van der Waals surface area contributed by atoms with Crippen LogP contribution in [0.15, 0.2) is 12.2 Å². The summed E-state index contributed by atoms with van der Waals surface area (Å²) >= 11 is 0. The monoisotopic (exact) mass is 372 g/mol. The molecule has 0 aromatic heterocycles. The van der Waals surface area contributed by atoms with E-state index in [2.05, 4.69) is 13.0 Å². The van der Waals surface area contributed by atoms with Gasteiger partial charge in [-0.25, -0.2) is 14.4 Å². The van der Waals surface area contributed by atoms with Crippen molar-refractivity contribution in [2.75, 3.05) is 6.54 Å². The molecule has 0 aliphatic heterocycles. The standard InChI is InChI=1S/C19H33NO6/c1-5-6-7-8-9-10-11-12-13-20(14(2)17(21)22,15(3)18(23)24)16(4)19(25)26/h9-10,14-16H,5-8,11-13H2,1-4H3,(H2-,21,22,23,24,25,26)/p+1/b10-9+. The largest absolute Gasteiger partial charge is 0.477 e. The molecule has 0 fully saturated rings. The highest BCUT2D eigenvalue weighted by molar-refractivity contribution is 5.77. The van der Waals surface area contributed by atoms with Crippen LogP contribution < -0.4 is 0 Å². The topological polar surface area (TPSA) is 112 Å². The van der Waals surface area contributed by atoms with Crippen molar-refractivity contribution in [3.05, 3.63) is 12.2 Å². The number of carboxylic acid groups (broad SMARTS) is 3. The van der Waals surface area contributed by atoms with Gasteiger partial charge in [-0.1, -0.05) is 31.9 Å². The first-order valence-corrected chi connectivity index (χ1v) is 9.33. The van der Waals surface area contributed by atoms with E-state index in [0.717, 1.165) is 19.3 Å². The summed E-state index contributed by atoms with van der Waals surface area (Å²) in [6, 6.07) is -3.41. The van der Waals surface area contributed by atoms with Crippen LogP contribution in [0.1, 0.15) is 66.2 Å². The first-order valence-electron chi connectivity index (χ1n) is 9.33. The lowest BCUT2D eigenvalue weighted by molar-refractivity contribution is -0.968. The number of quaternary nitrogens is 1. The molecule has 0 aliphatic carbocycles.